The first-order valence-electron chi connectivity index (χ1n) is 8.88. The Morgan fingerprint density at radius 3 is 2.38 bits per heavy atom. The Hall–Kier alpha value is -3.58. The van der Waals surface area contributed by atoms with E-state index in [1.807, 2.05) is 37.3 Å². The van der Waals surface area contributed by atoms with Crippen molar-refractivity contribution in [1.82, 2.24) is 14.6 Å². The number of aryl methyl sites for hydroxylation is 1. The van der Waals surface area contributed by atoms with Crippen LogP contribution in [0, 0.1) is 6.92 Å². The van der Waals surface area contributed by atoms with Crippen LogP contribution < -0.4 is 10.1 Å². The summed E-state index contributed by atoms with van der Waals surface area (Å²) < 4.78 is 6.53. The van der Waals surface area contributed by atoms with Gasteiger partial charge < -0.3 is 4.74 Å². The minimum absolute atomic E-state index is 0.218. The molecule has 2 aromatic heterocycles. The molecule has 0 atom stereocenters. The van der Waals surface area contributed by atoms with Crippen molar-refractivity contribution in [2.24, 2.45) is 0 Å². The predicted molar refractivity (Wildman–Crippen MR) is 114 cm³/mol. The number of aromatic nitrogens is 3. The Balaban J connectivity index is 1.61. The third kappa shape index (κ3) is 4.00. The molecule has 0 bridgehead atoms. The maximum atomic E-state index is 12.6. The van der Waals surface area contributed by atoms with Gasteiger partial charge in [-0.15, -0.1) is 5.10 Å². The van der Waals surface area contributed by atoms with E-state index in [0.29, 0.717) is 20.9 Å². The highest BCUT2D eigenvalue weighted by atomic mass is 32.1. The van der Waals surface area contributed by atoms with Crippen molar-refractivity contribution in [1.29, 1.82) is 0 Å². The number of hydrogen-bond donors (Lipinski definition) is 0. The maximum Gasteiger partial charge on any atom is 0.337 e. The molecule has 0 N–H and O–H groups in total. The molecule has 4 aromatic rings. The number of ether oxygens (including phenoxy) is 1. The first kappa shape index (κ1) is 18.8. The van der Waals surface area contributed by atoms with E-state index in [1.165, 1.54) is 28.5 Å². The molecule has 0 aliphatic rings. The van der Waals surface area contributed by atoms with Crippen molar-refractivity contribution < 1.29 is 9.53 Å². The van der Waals surface area contributed by atoms with Gasteiger partial charge in [0, 0.05) is 0 Å². The molecular weight excluding hydrogens is 386 g/mol. The van der Waals surface area contributed by atoms with E-state index in [1.54, 1.807) is 36.4 Å². The molecule has 0 saturated carbocycles. The van der Waals surface area contributed by atoms with Crippen LogP contribution in [-0.4, -0.2) is 27.7 Å². The van der Waals surface area contributed by atoms with Gasteiger partial charge in [0.25, 0.3) is 5.56 Å². The minimum Gasteiger partial charge on any atom is -0.465 e. The molecule has 0 aliphatic heterocycles. The second kappa shape index (κ2) is 7.81. The summed E-state index contributed by atoms with van der Waals surface area (Å²) in [5.41, 5.74) is 3.28. The van der Waals surface area contributed by atoms with E-state index in [9.17, 15) is 9.59 Å². The minimum atomic E-state index is -0.397. The summed E-state index contributed by atoms with van der Waals surface area (Å²) >= 11 is 1.27. The van der Waals surface area contributed by atoms with Crippen LogP contribution in [0.25, 0.3) is 23.2 Å². The smallest absolute Gasteiger partial charge is 0.337 e. The van der Waals surface area contributed by atoms with Crippen molar-refractivity contribution in [3.8, 4) is 0 Å². The standard InChI is InChI=1S/C22H17N3O3S/c1-14-3-5-15(6-4-14)9-12-19-23-22-25(24-19)20(26)18(29-22)13-16-7-10-17(11-8-16)21(27)28-2/h3-13H,1-2H3/b12-9+,18-13+. The SMILES string of the molecule is COC(=O)c1ccc(/C=c2/sc3nc(/C=C/c4ccc(C)cc4)nn3c2=O)cc1. The van der Waals surface area contributed by atoms with Gasteiger partial charge in [0.2, 0.25) is 4.96 Å². The lowest BCUT2D eigenvalue weighted by Crippen LogP contribution is -2.23. The van der Waals surface area contributed by atoms with Crippen LogP contribution in [0.1, 0.15) is 32.9 Å². The Labute approximate surface area is 170 Å². The van der Waals surface area contributed by atoms with Crippen LogP contribution in [0.15, 0.2) is 53.3 Å². The summed E-state index contributed by atoms with van der Waals surface area (Å²) in [5, 5.41) is 4.29. The second-order valence-electron chi connectivity index (χ2n) is 6.44. The van der Waals surface area contributed by atoms with Crippen LogP contribution in [0.2, 0.25) is 0 Å². The van der Waals surface area contributed by atoms with Crippen molar-refractivity contribution in [2.45, 2.75) is 6.92 Å². The van der Waals surface area contributed by atoms with E-state index in [-0.39, 0.29) is 5.56 Å². The Kier molecular flexibility index (Phi) is 5.05. The number of fused-ring (bicyclic) bond motifs is 1. The number of carbonyl (C=O) groups is 1. The highest BCUT2D eigenvalue weighted by Crippen LogP contribution is 2.10. The molecule has 2 aromatic carbocycles. The van der Waals surface area contributed by atoms with Gasteiger partial charge in [0.15, 0.2) is 5.82 Å². The van der Waals surface area contributed by atoms with Crippen molar-refractivity contribution in [2.75, 3.05) is 7.11 Å². The van der Waals surface area contributed by atoms with E-state index in [4.69, 9.17) is 0 Å². The normalized spacial score (nSPS) is 12.1. The van der Waals surface area contributed by atoms with Crippen LogP contribution in [0.4, 0.5) is 0 Å². The molecule has 29 heavy (non-hydrogen) atoms. The Morgan fingerprint density at radius 1 is 1.03 bits per heavy atom. The quantitative estimate of drug-likeness (QED) is 0.490. The van der Waals surface area contributed by atoms with Crippen LogP contribution in [-0.2, 0) is 4.74 Å². The first-order valence-corrected chi connectivity index (χ1v) is 9.69. The average Bonchev–Trinajstić information content (AvgIpc) is 3.26. The zero-order valence-electron chi connectivity index (χ0n) is 15.8. The second-order valence-corrected chi connectivity index (χ2v) is 7.45. The number of esters is 1. The fourth-order valence-corrected chi connectivity index (χ4v) is 3.67. The predicted octanol–water partition coefficient (Wildman–Crippen LogP) is 2.96. The summed E-state index contributed by atoms with van der Waals surface area (Å²) in [6, 6.07) is 14.9. The number of carbonyl (C=O) groups excluding carboxylic acids is 1. The number of methoxy groups -OCH3 is 1. The van der Waals surface area contributed by atoms with E-state index in [0.717, 1.165) is 11.1 Å². The van der Waals surface area contributed by atoms with Gasteiger partial charge in [0.1, 0.15) is 0 Å². The van der Waals surface area contributed by atoms with E-state index >= 15 is 0 Å². The zero-order chi connectivity index (χ0) is 20.4. The maximum absolute atomic E-state index is 12.6. The molecule has 7 heteroatoms. The Morgan fingerprint density at radius 2 is 1.72 bits per heavy atom. The molecule has 0 amide bonds. The molecule has 0 saturated heterocycles. The summed E-state index contributed by atoms with van der Waals surface area (Å²) in [6.45, 7) is 2.04. The topological polar surface area (TPSA) is 73.6 Å². The summed E-state index contributed by atoms with van der Waals surface area (Å²) in [4.78, 5) is 29.1. The fourth-order valence-electron chi connectivity index (χ4n) is 2.75. The van der Waals surface area contributed by atoms with Crippen molar-refractivity contribution in [3.05, 3.63) is 91.5 Å². The third-order valence-electron chi connectivity index (χ3n) is 4.33. The van der Waals surface area contributed by atoms with E-state index < -0.39 is 5.97 Å². The lowest BCUT2D eigenvalue weighted by Gasteiger charge is -1.98. The molecule has 0 radical (unpaired) electrons. The van der Waals surface area contributed by atoms with Crippen LogP contribution >= 0.6 is 11.3 Å². The van der Waals surface area contributed by atoms with Gasteiger partial charge in [-0.1, -0.05) is 59.4 Å². The molecule has 0 unspecified atom stereocenters. The molecule has 2 heterocycles. The average molecular weight is 403 g/mol. The largest absolute Gasteiger partial charge is 0.465 e. The fraction of sp³-hybridized carbons (Fsp3) is 0.0909. The number of rotatable bonds is 4. The lowest BCUT2D eigenvalue weighted by atomic mass is 10.1. The van der Waals surface area contributed by atoms with Crippen molar-refractivity contribution >= 4 is 40.5 Å². The molecule has 0 fully saturated rings. The highest BCUT2D eigenvalue weighted by molar-refractivity contribution is 7.15. The molecule has 0 aliphatic carbocycles. The number of benzene rings is 2. The number of nitrogens with zero attached hydrogens (tertiary/aromatic N) is 3. The monoisotopic (exact) mass is 403 g/mol. The molecular formula is C22H17N3O3S. The van der Waals surface area contributed by atoms with Gasteiger partial charge in [0.05, 0.1) is 17.2 Å². The Bertz CT molecular complexity index is 1320. The first-order chi connectivity index (χ1) is 14.0. The van der Waals surface area contributed by atoms with Crippen LogP contribution in [0.5, 0.6) is 0 Å². The highest BCUT2D eigenvalue weighted by Gasteiger charge is 2.09. The number of hydrogen-bond acceptors (Lipinski definition) is 6. The lowest BCUT2D eigenvalue weighted by molar-refractivity contribution is 0.0600. The number of thiazole rings is 1. The summed E-state index contributed by atoms with van der Waals surface area (Å²) in [7, 11) is 1.34. The molecule has 0 spiro atoms. The molecule has 144 valence electrons. The van der Waals surface area contributed by atoms with Gasteiger partial charge in [-0.05, 0) is 42.3 Å². The van der Waals surface area contributed by atoms with Gasteiger partial charge in [-0.25, -0.2) is 4.79 Å². The van der Waals surface area contributed by atoms with Gasteiger partial charge in [-0.2, -0.15) is 9.50 Å². The third-order valence-corrected chi connectivity index (χ3v) is 5.29. The summed E-state index contributed by atoms with van der Waals surface area (Å²) in [6.07, 6.45) is 5.46. The zero-order valence-corrected chi connectivity index (χ0v) is 16.6. The van der Waals surface area contributed by atoms with Gasteiger partial charge >= 0.3 is 5.97 Å². The summed E-state index contributed by atoms with van der Waals surface area (Å²) in [5.74, 6) is 0.0917. The van der Waals surface area contributed by atoms with Crippen molar-refractivity contribution in [3.63, 3.8) is 0 Å². The van der Waals surface area contributed by atoms with E-state index in [2.05, 4.69) is 14.8 Å². The van der Waals surface area contributed by atoms with Crippen LogP contribution in [0.3, 0.4) is 0 Å². The molecule has 4 rings (SSSR count). The molecule has 6 nitrogen and oxygen atoms in total. The van der Waals surface area contributed by atoms with Gasteiger partial charge in [-0.3, -0.25) is 4.79 Å².